The van der Waals surface area contributed by atoms with Gasteiger partial charge in [-0.3, -0.25) is 0 Å². The summed E-state index contributed by atoms with van der Waals surface area (Å²) in [6.07, 6.45) is 3.31. The quantitative estimate of drug-likeness (QED) is 0.787. The first-order chi connectivity index (χ1) is 9.15. The minimum absolute atomic E-state index is 0.170. The number of hydrogen-bond acceptors (Lipinski definition) is 2. The van der Waals surface area contributed by atoms with E-state index in [1.807, 2.05) is 0 Å². The zero-order valence-electron chi connectivity index (χ0n) is 10.7. The Morgan fingerprint density at radius 2 is 2.16 bits per heavy atom. The normalized spacial score (nSPS) is 22.8. The van der Waals surface area contributed by atoms with Gasteiger partial charge in [0, 0.05) is 6.54 Å². The fraction of sp³-hybridized carbons (Fsp3) is 0.500. The Morgan fingerprint density at radius 3 is 2.89 bits per heavy atom. The summed E-state index contributed by atoms with van der Waals surface area (Å²) in [5, 5.41) is 14.7. The SMILES string of the molecule is O=C(NCC1CCCC(O)C1)Nc1ccccc1F. The molecule has 1 saturated carbocycles. The number of halogens is 1. The second-order valence-electron chi connectivity index (χ2n) is 5.00. The molecule has 0 bridgehead atoms. The first-order valence-electron chi connectivity index (χ1n) is 6.62. The number of aliphatic hydroxyl groups is 1. The van der Waals surface area contributed by atoms with Gasteiger partial charge in [0.1, 0.15) is 5.82 Å². The molecule has 0 heterocycles. The number of para-hydroxylation sites is 1. The van der Waals surface area contributed by atoms with Gasteiger partial charge in [-0.05, 0) is 37.3 Å². The summed E-state index contributed by atoms with van der Waals surface area (Å²) in [5.41, 5.74) is 0.170. The molecule has 5 heteroatoms. The molecule has 4 nitrogen and oxygen atoms in total. The van der Waals surface area contributed by atoms with Gasteiger partial charge >= 0.3 is 6.03 Å². The minimum Gasteiger partial charge on any atom is -0.393 e. The highest BCUT2D eigenvalue weighted by atomic mass is 19.1. The van der Waals surface area contributed by atoms with E-state index >= 15 is 0 Å². The highest BCUT2D eigenvalue weighted by Crippen LogP contribution is 2.23. The molecule has 0 saturated heterocycles. The minimum atomic E-state index is -0.453. The lowest BCUT2D eigenvalue weighted by Crippen LogP contribution is -2.35. The van der Waals surface area contributed by atoms with Crippen LogP contribution in [0.1, 0.15) is 25.7 Å². The van der Waals surface area contributed by atoms with Gasteiger partial charge in [-0.25, -0.2) is 9.18 Å². The van der Waals surface area contributed by atoms with Gasteiger partial charge in [-0.1, -0.05) is 18.6 Å². The molecule has 1 aliphatic rings. The molecular formula is C14H19FN2O2. The summed E-state index contributed by atoms with van der Waals surface area (Å²) in [6, 6.07) is 5.63. The van der Waals surface area contributed by atoms with Gasteiger partial charge in [0.25, 0.3) is 0 Å². The number of hydrogen-bond donors (Lipinski definition) is 3. The van der Waals surface area contributed by atoms with Crippen LogP contribution in [-0.2, 0) is 0 Å². The second kappa shape index (κ2) is 6.52. The lowest BCUT2D eigenvalue weighted by molar-refractivity contribution is 0.101. The Kier molecular flexibility index (Phi) is 4.74. The highest BCUT2D eigenvalue weighted by molar-refractivity contribution is 5.89. The third-order valence-corrected chi connectivity index (χ3v) is 3.43. The van der Waals surface area contributed by atoms with Crippen molar-refractivity contribution in [2.24, 2.45) is 5.92 Å². The van der Waals surface area contributed by atoms with Gasteiger partial charge in [0.05, 0.1) is 11.8 Å². The third-order valence-electron chi connectivity index (χ3n) is 3.43. The third kappa shape index (κ3) is 4.21. The van der Waals surface area contributed by atoms with Crippen molar-refractivity contribution in [1.82, 2.24) is 5.32 Å². The van der Waals surface area contributed by atoms with Crippen molar-refractivity contribution < 1.29 is 14.3 Å². The Hall–Kier alpha value is -1.62. The molecule has 0 aliphatic heterocycles. The van der Waals surface area contributed by atoms with E-state index in [9.17, 15) is 14.3 Å². The average Bonchev–Trinajstić information content (AvgIpc) is 2.39. The maximum absolute atomic E-state index is 13.3. The van der Waals surface area contributed by atoms with E-state index < -0.39 is 11.8 Å². The van der Waals surface area contributed by atoms with Gasteiger partial charge in [0.2, 0.25) is 0 Å². The topological polar surface area (TPSA) is 61.4 Å². The van der Waals surface area contributed by atoms with Gasteiger partial charge in [0.15, 0.2) is 0 Å². The van der Waals surface area contributed by atoms with Crippen molar-refractivity contribution in [3.63, 3.8) is 0 Å². The molecule has 1 fully saturated rings. The summed E-state index contributed by atoms with van der Waals surface area (Å²) in [6.45, 7) is 0.511. The van der Waals surface area contributed by atoms with Crippen molar-refractivity contribution in [3.8, 4) is 0 Å². The van der Waals surface area contributed by atoms with E-state index in [0.717, 1.165) is 25.7 Å². The summed E-state index contributed by atoms with van der Waals surface area (Å²) in [7, 11) is 0. The van der Waals surface area contributed by atoms with Crippen LogP contribution in [0.4, 0.5) is 14.9 Å². The summed E-state index contributed by atoms with van der Waals surface area (Å²) in [5.74, 6) is -0.152. The van der Waals surface area contributed by atoms with Gasteiger partial charge < -0.3 is 15.7 Å². The predicted octanol–water partition coefficient (Wildman–Crippen LogP) is 2.50. The first kappa shape index (κ1) is 13.8. The number of amides is 2. The van der Waals surface area contributed by atoms with E-state index in [1.54, 1.807) is 12.1 Å². The van der Waals surface area contributed by atoms with E-state index in [4.69, 9.17) is 0 Å². The number of benzene rings is 1. The van der Waals surface area contributed by atoms with Crippen LogP contribution < -0.4 is 10.6 Å². The lowest BCUT2D eigenvalue weighted by atomic mass is 9.87. The zero-order valence-corrected chi connectivity index (χ0v) is 10.7. The maximum atomic E-state index is 13.3. The summed E-state index contributed by atoms with van der Waals surface area (Å²) in [4.78, 5) is 11.6. The van der Waals surface area contributed by atoms with Crippen LogP contribution in [0.2, 0.25) is 0 Å². The van der Waals surface area contributed by atoms with Crippen molar-refractivity contribution in [1.29, 1.82) is 0 Å². The molecule has 19 heavy (non-hydrogen) atoms. The molecule has 2 amide bonds. The molecule has 1 aromatic carbocycles. The van der Waals surface area contributed by atoms with Crippen molar-refractivity contribution >= 4 is 11.7 Å². The molecule has 0 spiro atoms. The van der Waals surface area contributed by atoms with Crippen LogP contribution in [-0.4, -0.2) is 23.8 Å². The molecule has 104 valence electrons. The molecule has 1 aliphatic carbocycles. The molecule has 1 aromatic rings. The number of carbonyl (C=O) groups is 1. The van der Waals surface area contributed by atoms with Crippen LogP contribution in [0.3, 0.4) is 0 Å². The number of rotatable bonds is 3. The van der Waals surface area contributed by atoms with Gasteiger partial charge in [-0.15, -0.1) is 0 Å². The van der Waals surface area contributed by atoms with E-state index in [2.05, 4.69) is 10.6 Å². The Labute approximate surface area is 112 Å². The van der Waals surface area contributed by atoms with Crippen molar-refractivity contribution in [3.05, 3.63) is 30.1 Å². The Bertz CT molecular complexity index is 439. The molecular weight excluding hydrogens is 247 g/mol. The second-order valence-corrected chi connectivity index (χ2v) is 5.00. The number of urea groups is 1. The standard InChI is InChI=1S/C14H19FN2O2/c15-12-6-1-2-7-13(12)17-14(19)16-9-10-4-3-5-11(18)8-10/h1-2,6-7,10-11,18H,3-5,8-9H2,(H2,16,17,19). The monoisotopic (exact) mass is 266 g/mol. The largest absolute Gasteiger partial charge is 0.393 e. The summed E-state index contributed by atoms with van der Waals surface area (Å²) >= 11 is 0. The summed E-state index contributed by atoms with van der Waals surface area (Å²) < 4.78 is 13.3. The fourth-order valence-electron chi connectivity index (χ4n) is 2.41. The smallest absolute Gasteiger partial charge is 0.319 e. The predicted molar refractivity (Wildman–Crippen MR) is 71.4 cm³/mol. The highest BCUT2D eigenvalue weighted by Gasteiger charge is 2.20. The van der Waals surface area contributed by atoms with Crippen LogP contribution >= 0.6 is 0 Å². The van der Waals surface area contributed by atoms with E-state index in [1.165, 1.54) is 12.1 Å². The van der Waals surface area contributed by atoms with Crippen LogP contribution in [0, 0.1) is 11.7 Å². The first-order valence-corrected chi connectivity index (χ1v) is 6.62. The number of nitrogens with one attached hydrogen (secondary N) is 2. The Balaban J connectivity index is 1.77. The number of anilines is 1. The molecule has 2 atom stereocenters. The van der Waals surface area contributed by atoms with Gasteiger partial charge in [-0.2, -0.15) is 0 Å². The molecule has 2 rings (SSSR count). The van der Waals surface area contributed by atoms with Crippen LogP contribution in [0.15, 0.2) is 24.3 Å². The maximum Gasteiger partial charge on any atom is 0.319 e. The molecule has 2 unspecified atom stereocenters. The van der Waals surface area contributed by atoms with Crippen molar-refractivity contribution in [2.75, 3.05) is 11.9 Å². The van der Waals surface area contributed by atoms with Crippen LogP contribution in [0.25, 0.3) is 0 Å². The Morgan fingerprint density at radius 1 is 1.37 bits per heavy atom. The van der Waals surface area contributed by atoms with Crippen LogP contribution in [0.5, 0.6) is 0 Å². The zero-order chi connectivity index (χ0) is 13.7. The van der Waals surface area contributed by atoms with E-state index in [-0.39, 0.29) is 11.8 Å². The molecule has 0 aromatic heterocycles. The van der Waals surface area contributed by atoms with Crippen molar-refractivity contribution in [2.45, 2.75) is 31.8 Å². The molecule has 3 N–H and O–H groups in total. The molecule has 0 radical (unpaired) electrons. The number of aliphatic hydroxyl groups excluding tert-OH is 1. The fourth-order valence-corrected chi connectivity index (χ4v) is 2.41. The number of carbonyl (C=O) groups excluding carboxylic acids is 1. The van der Waals surface area contributed by atoms with E-state index in [0.29, 0.717) is 12.5 Å². The average molecular weight is 266 g/mol. The lowest BCUT2D eigenvalue weighted by Gasteiger charge is -2.25.